The molecule has 0 spiro atoms. The molecule has 0 fully saturated rings. The molecule has 1 aliphatic carbocycles. The third-order valence-electron chi connectivity index (χ3n) is 4.54. The lowest BCUT2D eigenvalue weighted by atomic mass is 9.97. The number of thiophene rings is 1. The Morgan fingerprint density at radius 3 is 2.91 bits per heavy atom. The SMILES string of the molecule is CCN(Cc1cnn(C)c1)c1ncnc2sc3c(c12)CCCC3. The molecule has 0 atom stereocenters. The molecule has 0 radical (unpaired) electrons. The first kappa shape index (κ1) is 14.6. The second-order valence-electron chi connectivity index (χ2n) is 6.12. The van der Waals surface area contributed by atoms with Gasteiger partial charge in [-0.25, -0.2) is 9.97 Å². The maximum Gasteiger partial charge on any atom is 0.141 e. The van der Waals surface area contributed by atoms with Gasteiger partial charge in [0.1, 0.15) is 17.0 Å². The smallest absolute Gasteiger partial charge is 0.141 e. The fourth-order valence-corrected chi connectivity index (χ4v) is 4.65. The first-order valence-corrected chi connectivity index (χ1v) is 9.05. The van der Waals surface area contributed by atoms with Crippen molar-refractivity contribution in [3.8, 4) is 0 Å². The minimum atomic E-state index is 0.834. The average molecular weight is 327 g/mol. The van der Waals surface area contributed by atoms with Crippen molar-refractivity contribution in [2.75, 3.05) is 11.4 Å². The Bertz CT molecular complexity index is 835. The summed E-state index contributed by atoms with van der Waals surface area (Å²) in [5, 5.41) is 5.57. The largest absolute Gasteiger partial charge is 0.352 e. The van der Waals surface area contributed by atoms with E-state index in [0.29, 0.717) is 0 Å². The van der Waals surface area contributed by atoms with Crippen molar-refractivity contribution in [1.29, 1.82) is 0 Å². The fourth-order valence-electron chi connectivity index (χ4n) is 3.42. The monoisotopic (exact) mass is 327 g/mol. The summed E-state index contributed by atoms with van der Waals surface area (Å²) in [6, 6.07) is 0. The summed E-state index contributed by atoms with van der Waals surface area (Å²) in [6.07, 6.45) is 10.7. The Balaban J connectivity index is 1.78. The van der Waals surface area contributed by atoms with Gasteiger partial charge in [0.25, 0.3) is 0 Å². The van der Waals surface area contributed by atoms with E-state index in [2.05, 4.69) is 33.1 Å². The van der Waals surface area contributed by atoms with Gasteiger partial charge < -0.3 is 4.90 Å². The van der Waals surface area contributed by atoms with Crippen molar-refractivity contribution in [3.05, 3.63) is 34.7 Å². The van der Waals surface area contributed by atoms with Gasteiger partial charge in [-0.05, 0) is 38.2 Å². The van der Waals surface area contributed by atoms with Gasteiger partial charge >= 0.3 is 0 Å². The highest BCUT2D eigenvalue weighted by Gasteiger charge is 2.22. The molecule has 3 aromatic rings. The summed E-state index contributed by atoms with van der Waals surface area (Å²) in [6.45, 7) is 3.94. The van der Waals surface area contributed by atoms with Crippen LogP contribution in [0.25, 0.3) is 10.2 Å². The normalized spacial score (nSPS) is 14.2. The Morgan fingerprint density at radius 2 is 2.13 bits per heavy atom. The van der Waals surface area contributed by atoms with Crippen LogP contribution in [0.5, 0.6) is 0 Å². The molecule has 0 N–H and O–H groups in total. The fraction of sp³-hybridized carbons (Fsp3) is 0.471. The Kier molecular flexibility index (Phi) is 3.77. The van der Waals surface area contributed by atoms with Crippen molar-refractivity contribution < 1.29 is 0 Å². The molecule has 0 saturated carbocycles. The van der Waals surface area contributed by atoms with Crippen LogP contribution < -0.4 is 4.90 Å². The van der Waals surface area contributed by atoms with Gasteiger partial charge in [0.15, 0.2) is 0 Å². The summed E-state index contributed by atoms with van der Waals surface area (Å²) < 4.78 is 1.85. The summed E-state index contributed by atoms with van der Waals surface area (Å²) in [4.78, 5) is 14.2. The van der Waals surface area contributed by atoms with Crippen LogP contribution in [-0.4, -0.2) is 26.3 Å². The molecule has 0 saturated heterocycles. The molecule has 0 unspecified atom stereocenters. The van der Waals surface area contributed by atoms with Crippen molar-refractivity contribution in [1.82, 2.24) is 19.7 Å². The molecule has 5 nitrogen and oxygen atoms in total. The molecule has 1 aliphatic rings. The molecule has 0 aromatic carbocycles. The Morgan fingerprint density at radius 1 is 1.26 bits per heavy atom. The predicted molar refractivity (Wildman–Crippen MR) is 94.0 cm³/mol. The third-order valence-corrected chi connectivity index (χ3v) is 5.74. The van der Waals surface area contributed by atoms with Crippen molar-refractivity contribution in [2.24, 2.45) is 7.05 Å². The number of hydrogen-bond donors (Lipinski definition) is 0. The van der Waals surface area contributed by atoms with Crippen LogP contribution in [0, 0.1) is 0 Å². The van der Waals surface area contributed by atoms with Gasteiger partial charge in [-0.3, -0.25) is 4.68 Å². The standard InChI is InChI=1S/C17H21N5S/c1-3-22(10-12-8-20-21(2)9-12)16-15-13-6-4-5-7-14(13)23-17(15)19-11-18-16/h8-9,11H,3-7,10H2,1-2H3. The number of aryl methyl sites for hydroxylation is 3. The minimum absolute atomic E-state index is 0.834. The third kappa shape index (κ3) is 2.61. The number of aromatic nitrogens is 4. The van der Waals surface area contributed by atoms with Crippen LogP contribution >= 0.6 is 11.3 Å². The second kappa shape index (κ2) is 5.92. The number of nitrogens with zero attached hydrogens (tertiary/aromatic N) is 5. The number of fused-ring (bicyclic) bond motifs is 3. The summed E-state index contributed by atoms with van der Waals surface area (Å²) >= 11 is 1.86. The average Bonchev–Trinajstić information content (AvgIpc) is 3.15. The van der Waals surface area contributed by atoms with Crippen LogP contribution in [0.4, 0.5) is 5.82 Å². The lowest BCUT2D eigenvalue weighted by Gasteiger charge is -2.23. The molecular weight excluding hydrogens is 306 g/mol. The van der Waals surface area contributed by atoms with E-state index in [9.17, 15) is 0 Å². The Hall–Kier alpha value is -1.95. The minimum Gasteiger partial charge on any atom is -0.352 e. The van der Waals surface area contributed by atoms with E-state index >= 15 is 0 Å². The van der Waals surface area contributed by atoms with Crippen molar-refractivity contribution in [2.45, 2.75) is 39.2 Å². The number of hydrogen-bond acceptors (Lipinski definition) is 5. The zero-order valence-electron chi connectivity index (χ0n) is 13.6. The maximum atomic E-state index is 4.66. The number of rotatable bonds is 4. The van der Waals surface area contributed by atoms with Gasteiger partial charge in [-0.2, -0.15) is 5.10 Å². The molecule has 0 amide bonds. The first-order valence-electron chi connectivity index (χ1n) is 8.24. The molecule has 4 rings (SSSR count). The zero-order valence-corrected chi connectivity index (χ0v) is 14.4. The molecule has 3 heterocycles. The second-order valence-corrected chi connectivity index (χ2v) is 7.21. The zero-order chi connectivity index (χ0) is 15.8. The summed E-state index contributed by atoms with van der Waals surface area (Å²) in [5.41, 5.74) is 2.71. The molecule has 0 bridgehead atoms. The highest BCUT2D eigenvalue weighted by Crippen LogP contribution is 2.39. The topological polar surface area (TPSA) is 46.8 Å². The highest BCUT2D eigenvalue weighted by molar-refractivity contribution is 7.19. The first-order chi connectivity index (χ1) is 11.3. The van der Waals surface area contributed by atoms with Crippen LogP contribution in [0.3, 0.4) is 0 Å². The lowest BCUT2D eigenvalue weighted by molar-refractivity contribution is 0.699. The van der Waals surface area contributed by atoms with Gasteiger partial charge in [0, 0.05) is 36.8 Å². The van der Waals surface area contributed by atoms with E-state index in [1.807, 2.05) is 29.3 Å². The highest BCUT2D eigenvalue weighted by atomic mass is 32.1. The van der Waals surface area contributed by atoms with E-state index in [1.54, 1.807) is 6.33 Å². The van der Waals surface area contributed by atoms with Gasteiger partial charge in [0.2, 0.25) is 0 Å². The lowest BCUT2D eigenvalue weighted by Crippen LogP contribution is -2.23. The van der Waals surface area contributed by atoms with Crippen LogP contribution in [0.1, 0.15) is 35.8 Å². The van der Waals surface area contributed by atoms with E-state index in [-0.39, 0.29) is 0 Å². The molecule has 0 aliphatic heterocycles. The van der Waals surface area contributed by atoms with E-state index in [1.165, 1.54) is 47.1 Å². The molecular formula is C17H21N5S. The molecule has 3 aromatic heterocycles. The molecule has 120 valence electrons. The van der Waals surface area contributed by atoms with Gasteiger partial charge in [-0.15, -0.1) is 11.3 Å². The molecule has 23 heavy (non-hydrogen) atoms. The van der Waals surface area contributed by atoms with Crippen molar-refractivity contribution in [3.63, 3.8) is 0 Å². The Labute approximate surface area is 140 Å². The van der Waals surface area contributed by atoms with E-state index < -0.39 is 0 Å². The van der Waals surface area contributed by atoms with Crippen LogP contribution in [0.2, 0.25) is 0 Å². The molecule has 6 heteroatoms. The van der Waals surface area contributed by atoms with Gasteiger partial charge in [-0.1, -0.05) is 0 Å². The van der Waals surface area contributed by atoms with Crippen LogP contribution in [-0.2, 0) is 26.4 Å². The summed E-state index contributed by atoms with van der Waals surface area (Å²) in [7, 11) is 1.96. The van der Waals surface area contributed by atoms with Gasteiger partial charge in [0.05, 0.1) is 11.6 Å². The quantitative estimate of drug-likeness (QED) is 0.737. The van der Waals surface area contributed by atoms with Crippen LogP contribution in [0.15, 0.2) is 18.7 Å². The summed E-state index contributed by atoms with van der Waals surface area (Å²) in [5.74, 6) is 1.08. The van der Waals surface area contributed by atoms with E-state index in [0.717, 1.165) is 23.7 Å². The van der Waals surface area contributed by atoms with E-state index in [4.69, 9.17) is 0 Å². The van der Waals surface area contributed by atoms with Crippen molar-refractivity contribution >= 4 is 27.4 Å². The predicted octanol–water partition coefficient (Wildman–Crippen LogP) is 3.33. The number of anilines is 1. The maximum absolute atomic E-state index is 4.66.